The molecule has 4 rings (SSSR count). The van der Waals surface area contributed by atoms with E-state index in [1.165, 1.54) is 25.7 Å². The lowest BCUT2D eigenvalue weighted by Gasteiger charge is -2.28. The van der Waals surface area contributed by atoms with Crippen LogP contribution < -0.4 is 5.32 Å². The Labute approximate surface area is 151 Å². The molecule has 132 valence electrons. The monoisotopic (exact) mass is 357 g/mol. The maximum Gasteiger partial charge on any atom is 0.186 e. The van der Waals surface area contributed by atoms with Gasteiger partial charge in [0.05, 0.1) is 12.7 Å². The number of nitrogens with one attached hydrogen (secondary N) is 1. The van der Waals surface area contributed by atoms with Crippen LogP contribution in [0.3, 0.4) is 0 Å². The molecule has 25 heavy (non-hydrogen) atoms. The third-order valence-corrected chi connectivity index (χ3v) is 5.50. The number of ether oxygens (including phenoxy) is 1. The molecule has 0 aromatic carbocycles. The van der Waals surface area contributed by atoms with E-state index in [1.807, 2.05) is 23.6 Å². The zero-order valence-electron chi connectivity index (χ0n) is 14.4. The highest BCUT2D eigenvalue weighted by molar-refractivity contribution is 7.08. The summed E-state index contributed by atoms with van der Waals surface area (Å²) >= 11 is 1.64. The van der Waals surface area contributed by atoms with Crippen LogP contribution in [0.1, 0.15) is 32.6 Å². The molecule has 1 aliphatic rings. The van der Waals surface area contributed by atoms with E-state index in [0.717, 1.165) is 29.4 Å². The van der Waals surface area contributed by atoms with E-state index in [4.69, 9.17) is 4.74 Å². The van der Waals surface area contributed by atoms with Crippen LogP contribution in [0.5, 0.6) is 0 Å². The number of nitrogens with zero attached hydrogens (tertiary/aromatic N) is 4. The van der Waals surface area contributed by atoms with Gasteiger partial charge in [-0.1, -0.05) is 19.8 Å². The molecule has 3 aromatic heterocycles. The third-order valence-electron chi connectivity index (χ3n) is 4.82. The van der Waals surface area contributed by atoms with Crippen molar-refractivity contribution in [2.75, 3.05) is 18.5 Å². The number of rotatable bonds is 6. The SMILES string of the molecule is CC1CCCCC1OCCNc1ccc2nnc(-c3ccsc3)n2n1. The topological polar surface area (TPSA) is 64.3 Å². The Bertz CT molecular complexity index is 816. The van der Waals surface area contributed by atoms with Gasteiger partial charge in [0.1, 0.15) is 5.82 Å². The van der Waals surface area contributed by atoms with Gasteiger partial charge in [0.2, 0.25) is 0 Å². The van der Waals surface area contributed by atoms with E-state index in [0.29, 0.717) is 18.6 Å². The van der Waals surface area contributed by atoms with Crippen LogP contribution in [-0.2, 0) is 4.74 Å². The number of hydrogen-bond acceptors (Lipinski definition) is 6. The van der Waals surface area contributed by atoms with E-state index in [2.05, 4.69) is 32.9 Å². The summed E-state index contributed by atoms with van der Waals surface area (Å²) in [6.45, 7) is 3.75. The van der Waals surface area contributed by atoms with Crippen LogP contribution in [0.25, 0.3) is 17.0 Å². The molecule has 0 amide bonds. The van der Waals surface area contributed by atoms with Crippen LogP contribution in [-0.4, -0.2) is 39.1 Å². The summed E-state index contributed by atoms with van der Waals surface area (Å²) in [6, 6.07) is 5.90. The molecule has 3 aromatic rings. The van der Waals surface area contributed by atoms with Gasteiger partial charge in [-0.25, -0.2) is 0 Å². The van der Waals surface area contributed by atoms with E-state index in [-0.39, 0.29) is 0 Å². The van der Waals surface area contributed by atoms with Gasteiger partial charge in [-0.05, 0) is 42.3 Å². The standard InChI is InChI=1S/C18H23N5OS/c1-13-4-2-3-5-15(13)24-10-9-19-16-6-7-17-20-21-18(23(17)22-16)14-8-11-25-12-14/h6-8,11-13,15H,2-5,9-10H2,1H3,(H,19,22). The summed E-state index contributed by atoms with van der Waals surface area (Å²) < 4.78 is 7.84. The fourth-order valence-electron chi connectivity index (χ4n) is 3.37. The maximum atomic E-state index is 6.05. The molecular weight excluding hydrogens is 334 g/mol. The van der Waals surface area contributed by atoms with Gasteiger partial charge in [-0.2, -0.15) is 15.9 Å². The Morgan fingerprint density at radius 3 is 3.00 bits per heavy atom. The zero-order valence-corrected chi connectivity index (χ0v) is 15.2. The van der Waals surface area contributed by atoms with Gasteiger partial charge >= 0.3 is 0 Å². The molecule has 3 heterocycles. The van der Waals surface area contributed by atoms with E-state index >= 15 is 0 Å². The second kappa shape index (κ2) is 7.49. The lowest BCUT2D eigenvalue weighted by Crippen LogP contribution is -2.27. The highest BCUT2D eigenvalue weighted by Crippen LogP contribution is 2.26. The fourth-order valence-corrected chi connectivity index (χ4v) is 4.01. The third kappa shape index (κ3) is 3.67. The molecule has 2 atom stereocenters. The molecule has 0 saturated heterocycles. The maximum absolute atomic E-state index is 6.05. The molecule has 6 nitrogen and oxygen atoms in total. The number of thiophene rings is 1. The first-order valence-electron chi connectivity index (χ1n) is 8.92. The van der Waals surface area contributed by atoms with Crippen molar-refractivity contribution in [1.82, 2.24) is 19.8 Å². The average Bonchev–Trinajstić information content (AvgIpc) is 3.29. The van der Waals surface area contributed by atoms with Crippen molar-refractivity contribution in [1.29, 1.82) is 0 Å². The molecule has 0 bridgehead atoms. The van der Waals surface area contributed by atoms with Gasteiger partial charge in [0.25, 0.3) is 0 Å². The lowest BCUT2D eigenvalue weighted by molar-refractivity contribution is 0.000369. The van der Waals surface area contributed by atoms with E-state index < -0.39 is 0 Å². The molecule has 1 saturated carbocycles. The molecule has 2 unspecified atom stereocenters. The lowest BCUT2D eigenvalue weighted by atomic mass is 9.88. The molecule has 0 spiro atoms. The molecule has 0 aliphatic heterocycles. The van der Waals surface area contributed by atoms with Gasteiger partial charge in [0, 0.05) is 17.5 Å². The first kappa shape index (κ1) is 16.5. The highest BCUT2D eigenvalue weighted by Gasteiger charge is 2.21. The fraction of sp³-hybridized carbons (Fsp3) is 0.500. The van der Waals surface area contributed by atoms with Crippen LogP contribution in [0, 0.1) is 5.92 Å². The van der Waals surface area contributed by atoms with Crippen LogP contribution in [0.4, 0.5) is 5.82 Å². The van der Waals surface area contributed by atoms with E-state index in [1.54, 1.807) is 15.9 Å². The summed E-state index contributed by atoms with van der Waals surface area (Å²) in [5, 5.41) is 20.5. The first-order valence-corrected chi connectivity index (χ1v) is 9.86. The van der Waals surface area contributed by atoms with Crippen LogP contribution in [0.15, 0.2) is 29.0 Å². The van der Waals surface area contributed by atoms with Crippen LogP contribution >= 0.6 is 11.3 Å². The summed E-state index contributed by atoms with van der Waals surface area (Å²) in [7, 11) is 0. The quantitative estimate of drug-likeness (QED) is 0.679. The van der Waals surface area contributed by atoms with Crippen LogP contribution in [0.2, 0.25) is 0 Å². The second-order valence-corrected chi connectivity index (χ2v) is 7.40. The number of hydrogen-bond donors (Lipinski definition) is 1. The van der Waals surface area contributed by atoms with Crippen molar-refractivity contribution in [3.63, 3.8) is 0 Å². The Morgan fingerprint density at radius 1 is 1.24 bits per heavy atom. The van der Waals surface area contributed by atoms with Crippen molar-refractivity contribution >= 4 is 22.8 Å². The molecule has 1 N–H and O–H groups in total. The van der Waals surface area contributed by atoms with Gasteiger partial charge in [0.15, 0.2) is 11.5 Å². The van der Waals surface area contributed by atoms with Gasteiger partial charge in [-0.3, -0.25) is 0 Å². The normalized spacial score (nSPS) is 20.8. The summed E-state index contributed by atoms with van der Waals surface area (Å²) in [5.41, 5.74) is 1.79. The first-order chi connectivity index (χ1) is 12.3. The number of fused-ring (bicyclic) bond motifs is 1. The van der Waals surface area contributed by atoms with Crippen molar-refractivity contribution in [2.45, 2.75) is 38.7 Å². The zero-order chi connectivity index (χ0) is 17.1. The Hall–Kier alpha value is -1.99. The minimum atomic E-state index is 0.411. The molecule has 1 fully saturated rings. The number of anilines is 1. The molecular formula is C18H23N5OS. The largest absolute Gasteiger partial charge is 0.376 e. The Morgan fingerprint density at radius 2 is 2.16 bits per heavy atom. The van der Waals surface area contributed by atoms with Gasteiger partial charge in [-0.15, -0.1) is 15.3 Å². The minimum Gasteiger partial charge on any atom is -0.376 e. The van der Waals surface area contributed by atoms with E-state index in [9.17, 15) is 0 Å². The summed E-state index contributed by atoms with van der Waals surface area (Å²) in [5.74, 6) is 2.25. The molecule has 7 heteroatoms. The average molecular weight is 357 g/mol. The molecule has 1 aliphatic carbocycles. The number of aromatic nitrogens is 4. The highest BCUT2D eigenvalue weighted by atomic mass is 32.1. The minimum absolute atomic E-state index is 0.411. The van der Waals surface area contributed by atoms with Crippen molar-refractivity contribution in [2.24, 2.45) is 5.92 Å². The Balaban J connectivity index is 1.38. The predicted molar refractivity (Wildman–Crippen MR) is 100.0 cm³/mol. The van der Waals surface area contributed by atoms with Gasteiger partial charge < -0.3 is 10.1 Å². The van der Waals surface area contributed by atoms with Crippen molar-refractivity contribution in [3.05, 3.63) is 29.0 Å². The second-order valence-electron chi connectivity index (χ2n) is 6.62. The molecule has 0 radical (unpaired) electrons. The predicted octanol–water partition coefficient (Wildman–Crippen LogP) is 3.86. The Kier molecular flexibility index (Phi) is 4.94. The summed E-state index contributed by atoms with van der Waals surface area (Å²) in [4.78, 5) is 0. The smallest absolute Gasteiger partial charge is 0.186 e. The van der Waals surface area contributed by atoms with Crippen molar-refractivity contribution < 1.29 is 4.74 Å². The van der Waals surface area contributed by atoms with Crippen molar-refractivity contribution in [3.8, 4) is 11.4 Å². The summed E-state index contributed by atoms with van der Waals surface area (Å²) in [6.07, 6.45) is 5.52.